The van der Waals surface area contributed by atoms with Gasteiger partial charge in [0.15, 0.2) is 0 Å². The van der Waals surface area contributed by atoms with Crippen LogP contribution >= 0.6 is 0 Å². The number of carbonyl (C=O) groups is 4. The van der Waals surface area contributed by atoms with Crippen molar-refractivity contribution in [2.75, 3.05) is 13.7 Å². The van der Waals surface area contributed by atoms with Crippen LogP contribution in [0.15, 0.2) is 72.8 Å². The van der Waals surface area contributed by atoms with Crippen molar-refractivity contribution < 1.29 is 28.8 Å². The summed E-state index contributed by atoms with van der Waals surface area (Å²) in [6.45, 7) is 3.76. The van der Waals surface area contributed by atoms with Crippen LogP contribution in [-0.4, -0.2) is 53.5 Å². The van der Waals surface area contributed by atoms with E-state index >= 15 is 0 Å². The van der Waals surface area contributed by atoms with Gasteiger partial charge in [0.25, 0.3) is 11.8 Å². The lowest BCUT2D eigenvalue weighted by Crippen LogP contribution is -2.49. The molecule has 3 amide bonds. The molecule has 0 N–H and O–H groups in total. The zero-order valence-corrected chi connectivity index (χ0v) is 21.4. The van der Waals surface area contributed by atoms with Gasteiger partial charge in [-0.15, -0.1) is 0 Å². The van der Waals surface area contributed by atoms with Crippen molar-refractivity contribution in [3.05, 3.63) is 95.1 Å². The number of imide groups is 1. The first-order valence-corrected chi connectivity index (χ1v) is 12.6. The van der Waals surface area contributed by atoms with Crippen molar-refractivity contribution >= 4 is 23.9 Å². The molecule has 1 aliphatic heterocycles. The molecule has 0 bridgehead atoms. The van der Waals surface area contributed by atoms with Gasteiger partial charge in [-0.3, -0.25) is 14.5 Å². The summed E-state index contributed by atoms with van der Waals surface area (Å²) in [4.78, 5) is 58.3. The number of likely N-dealkylation sites (N-methyl/N-ethyl adjacent to an activating group) is 1. The minimum atomic E-state index is -1.07. The summed E-state index contributed by atoms with van der Waals surface area (Å²) in [5.74, 6) is -2.78. The van der Waals surface area contributed by atoms with Crippen LogP contribution in [0.4, 0.5) is 4.79 Å². The first kappa shape index (κ1) is 25.2. The molecule has 8 nitrogen and oxygen atoms in total. The third-order valence-electron chi connectivity index (χ3n) is 7.40. The van der Waals surface area contributed by atoms with Gasteiger partial charge in [-0.25, -0.2) is 9.59 Å². The van der Waals surface area contributed by atoms with Crippen molar-refractivity contribution in [3.63, 3.8) is 0 Å². The molecule has 8 heteroatoms. The summed E-state index contributed by atoms with van der Waals surface area (Å²) in [5, 5.41) is 0.466. The van der Waals surface area contributed by atoms with Crippen LogP contribution < -0.4 is 0 Å². The van der Waals surface area contributed by atoms with Crippen LogP contribution in [0.2, 0.25) is 0 Å². The normalized spacial score (nSPS) is 15.4. The molecule has 5 rings (SSSR count). The zero-order valence-electron chi connectivity index (χ0n) is 21.4. The molecule has 2 aliphatic rings. The van der Waals surface area contributed by atoms with Crippen LogP contribution in [0.5, 0.6) is 0 Å². The molecule has 0 saturated heterocycles. The molecule has 0 aromatic heterocycles. The van der Waals surface area contributed by atoms with E-state index in [1.165, 1.54) is 24.1 Å². The smallest absolute Gasteiger partial charge is 0.410 e. The fraction of sp³-hybridized carbons (Fsp3) is 0.267. The summed E-state index contributed by atoms with van der Waals surface area (Å²) in [6.07, 6.45) is -0.153. The number of hydrogen-bond donors (Lipinski definition) is 0. The van der Waals surface area contributed by atoms with Gasteiger partial charge in [0.1, 0.15) is 12.6 Å². The van der Waals surface area contributed by atoms with Gasteiger partial charge in [0.05, 0.1) is 11.1 Å². The molecule has 1 heterocycles. The van der Waals surface area contributed by atoms with Crippen molar-refractivity contribution in [2.45, 2.75) is 32.2 Å². The second-order valence-electron chi connectivity index (χ2n) is 9.61. The molecule has 0 spiro atoms. The molecule has 0 radical (unpaired) electrons. The second kappa shape index (κ2) is 10.1. The maximum absolute atomic E-state index is 13.3. The number of carbonyl (C=O) groups excluding carboxylic acids is 4. The molecule has 38 heavy (non-hydrogen) atoms. The van der Waals surface area contributed by atoms with E-state index in [-0.39, 0.29) is 29.6 Å². The fourth-order valence-corrected chi connectivity index (χ4v) is 5.20. The third kappa shape index (κ3) is 4.22. The quantitative estimate of drug-likeness (QED) is 0.412. The van der Waals surface area contributed by atoms with Gasteiger partial charge < -0.3 is 9.57 Å². The maximum Gasteiger partial charge on any atom is 0.410 e. The van der Waals surface area contributed by atoms with Crippen molar-refractivity contribution in [1.29, 1.82) is 0 Å². The summed E-state index contributed by atoms with van der Waals surface area (Å²) in [6, 6.07) is 21.2. The topological polar surface area (TPSA) is 93.2 Å². The van der Waals surface area contributed by atoms with Gasteiger partial charge >= 0.3 is 12.1 Å². The highest BCUT2D eigenvalue weighted by molar-refractivity contribution is 6.21. The Morgan fingerprint density at radius 2 is 1.32 bits per heavy atom. The Morgan fingerprint density at radius 3 is 1.82 bits per heavy atom. The molecule has 3 aromatic carbocycles. The second-order valence-corrected chi connectivity index (χ2v) is 9.61. The summed E-state index contributed by atoms with van der Waals surface area (Å²) < 4.78 is 5.72. The largest absolute Gasteiger partial charge is 0.448 e. The number of rotatable bonds is 7. The number of benzene rings is 3. The van der Waals surface area contributed by atoms with E-state index in [2.05, 4.69) is 12.1 Å². The predicted octanol–water partition coefficient (Wildman–Crippen LogP) is 5.04. The van der Waals surface area contributed by atoms with Gasteiger partial charge in [0, 0.05) is 13.0 Å². The van der Waals surface area contributed by atoms with Crippen LogP contribution in [0.25, 0.3) is 11.1 Å². The molecule has 1 aliphatic carbocycles. The number of amides is 3. The summed E-state index contributed by atoms with van der Waals surface area (Å²) in [7, 11) is 1.46. The van der Waals surface area contributed by atoms with E-state index in [9.17, 15) is 19.2 Å². The van der Waals surface area contributed by atoms with E-state index in [0.717, 1.165) is 22.3 Å². The SMILES string of the molecule is CC[C@H](C)[C@@H](C(=O)ON1C(=O)c2ccccc2C1=O)N(C)C(=O)OCC1c2ccccc2-c2ccccc21. The van der Waals surface area contributed by atoms with E-state index in [1.807, 2.05) is 43.3 Å². The van der Waals surface area contributed by atoms with Gasteiger partial charge in [-0.2, -0.15) is 0 Å². The predicted molar refractivity (Wildman–Crippen MR) is 139 cm³/mol. The average molecular weight is 513 g/mol. The zero-order chi connectivity index (χ0) is 27.0. The highest BCUT2D eigenvalue weighted by Gasteiger charge is 2.42. The van der Waals surface area contributed by atoms with E-state index in [4.69, 9.17) is 9.57 Å². The van der Waals surface area contributed by atoms with Gasteiger partial charge in [-0.05, 0) is 40.3 Å². The molecule has 3 aromatic rings. The molecule has 0 fully saturated rings. The Kier molecular flexibility index (Phi) is 6.72. The number of ether oxygens (including phenoxy) is 1. The highest BCUT2D eigenvalue weighted by Crippen LogP contribution is 2.44. The summed E-state index contributed by atoms with van der Waals surface area (Å²) in [5.41, 5.74) is 4.70. The van der Waals surface area contributed by atoms with Crippen LogP contribution in [0.3, 0.4) is 0 Å². The minimum absolute atomic E-state index is 0.0951. The van der Waals surface area contributed by atoms with E-state index in [0.29, 0.717) is 11.5 Å². The number of hydroxylamine groups is 2. The Balaban J connectivity index is 1.30. The Labute approximate surface area is 220 Å². The maximum atomic E-state index is 13.3. The van der Waals surface area contributed by atoms with Gasteiger partial charge in [0.2, 0.25) is 0 Å². The first-order chi connectivity index (χ1) is 18.3. The average Bonchev–Trinajstić information content (AvgIpc) is 3.39. The molecular formula is C30H28N2O6. The lowest BCUT2D eigenvalue weighted by molar-refractivity contribution is -0.176. The van der Waals surface area contributed by atoms with Gasteiger partial charge in [-0.1, -0.05) is 86.0 Å². The standard InChI is InChI=1S/C30H28N2O6/c1-4-18(2)26(29(35)38-32-27(33)23-15-9-10-16-24(23)28(32)34)31(3)30(36)37-17-25-21-13-7-5-11-19(21)20-12-6-8-14-22(20)25/h5-16,18,25-26H,4,17H2,1-3H3/t18-,26-/m0/s1. The van der Waals surface area contributed by atoms with Crippen LogP contribution in [-0.2, 0) is 14.4 Å². The van der Waals surface area contributed by atoms with Crippen molar-refractivity contribution in [3.8, 4) is 11.1 Å². The fourth-order valence-electron chi connectivity index (χ4n) is 5.20. The molecule has 2 atom stereocenters. The van der Waals surface area contributed by atoms with E-state index in [1.54, 1.807) is 19.1 Å². The third-order valence-corrected chi connectivity index (χ3v) is 7.40. The number of hydrogen-bond acceptors (Lipinski definition) is 6. The summed E-state index contributed by atoms with van der Waals surface area (Å²) >= 11 is 0. The lowest BCUT2D eigenvalue weighted by atomic mass is 9.98. The first-order valence-electron chi connectivity index (χ1n) is 12.6. The monoisotopic (exact) mass is 512 g/mol. The molecule has 194 valence electrons. The molecular weight excluding hydrogens is 484 g/mol. The van der Waals surface area contributed by atoms with Crippen LogP contribution in [0.1, 0.15) is 58.0 Å². The molecule has 0 unspecified atom stereocenters. The Morgan fingerprint density at radius 1 is 0.842 bits per heavy atom. The lowest BCUT2D eigenvalue weighted by Gasteiger charge is -2.30. The number of fused-ring (bicyclic) bond motifs is 4. The Bertz CT molecular complexity index is 1350. The van der Waals surface area contributed by atoms with Crippen LogP contribution in [0, 0.1) is 5.92 Å². The van der Waals surface area contributed by atoms with E-state index < -0.39 is 29.9 Å². The highest BCUT2D eigenvalue weighted by atomic mass is 16.7. The number of nitrogens with zero attached hydrogens (tertiary/aromatic N) is 2. The van der Waals surface area contributed by atoms with Crippen molar-refractivity contribution in [1.82, 2.24) is 9.96 Å². The molecule has 0 saturated carbocycles. The Hall–Kier alpha value is -4.46. The minimum Gasteiger partial charge on any atom is -0.448 e. The van der Waals surface area contributed by atoms with Crippen molar-refractivity contribution in [2.24, 2.45) is 5.92 Å².